The van der Waals surface area contributed by atoms with Gasteiger partial charge in [-0.05, 0) is 12.1 Å². The third kappa shape index (κ3) is 2.76. The number of benzene rings is 2. The quantitative estimate of drug-likeness (QED) is 0.580. The molecule has 0 saturated carbocycles. The second-order valence-corrected chi connectivity index (χ2v) is 4.48. The van der Waals surface area contributed by atoms with Crippen LogP contribution in [0, 0.1) is 0 Å². The number of para-hydroxylation sites is 1. The lowest BCUT2D eigenvalue weighted by Gasteiger charge is -2.06. The molecule has 3 rings (SSSR count). The fourth-order valence-corrected chi connectivity index (χ4v) is 2.05. The Morgan fingerprint density at radius 2 is 1.86 bits per heavy atom. The van der Waals surface area contributed by atoms with Crippen molar-refractivity contribution in [3.05, 3.63) is 66.0 Å². The summed E-state index contributed by atoms with van der Waals surface area (Å²) in [5.74, 6) is -0.692. The summed E-state index contributed by atoms with van der Waals surface area (Å²) in [6.45, 7) is 0. The lowest BCUT2D eigenvalue weighted by atomic mass is 10.1. The van der Waals surface area contributed by atoms with Crippen molar-refractivity contribution in [2.75, 3.05) is 5.43 Å². The molecule has 2 aromatic carbocycles. The van der Waals surface area contributed by atoms with Gasteiger partial charge in [-0.1, -0.05) is 36.4 Å². The molecule has 3 aromatic rings. The number of nitrogens with zero attached hydrogens (tertiary/aromatic N) is 3. The topological polar surface area (TPSA) is 90.3 Å². The molecule has 0 amide bonds. The van der Waals surface area contributed by atoms with Gasteiger partial charge in [-0.25, -0.2) is 9.97 Å². The molecule has 0 spiro atoms. The maximum atomic E-state index is 11.0. The van der Waals surface area contributed by atoms with Gasteiger partial charge in [0.15, 0.2) is 5.82 Å². The molecule has 0 aliphatic carbocycles. The van der Waals surface area contributed by atoms with Crippen LogP contribution in [0.5, 0.6) is 0 Å². The van der Waals surface area contributed by atoms with Crippen LogP contribution in [0.15, 0.2) is 60.0 Å². The number of carboxylic acid groups (broad SMARTS) is 1. The highest BCUT2D eigenvalue weighted by atomic mass is 16.4. The van der Waals surface area contributed by atoms with Crippen LogP contribution in [-0.4, -0.2) is 22.2 Å². The van der Waals surface area contributed by atoms with Crippen molar-refractivity contribution in [2.24, 2.45) is 5.10 Å². The van der Waals surface area contributed by atoms with Gasteiger partial charge in [0.2, 0.25) is 0 Å². The summed E-state index contributed by atoms with van der Waals surface area (Å²) in [5.41, 5.74) is 4.14. The molecule has 0 aliphatic heterocycles. The summed E-state index contributed by atoms with van der Waals surface area (Å²) in [7, 11) is 0. The molecule has 0 saturated heterocycles. The van der Waals surface area contributed by atoms with E-state index in [4.69, 9.17) is 0 Å². The molecule has 0 aliphatic rings. The van der Waals surface area contributed by atoms with Gasteiger partial charge in [-0.2, -0.15) is 5.10 Å². The van der Waals surface area contributed by atoms with Gasteiger partial charge in [0.05, 0.1) is 17.7 Å². The summed E-state index contributed by atoms with van der Waals surface area (Å²) >= 11 is 0. The molecule has 0 bridgehead atoms. The first-order valence-electron chi connectivity index (χ1n) is 6.55. The number of aromatic nitrogens is 2. The van der Waals surface area contributed by atoms with Crippen molar-refractivity contribution in [3.8, 4) is 0 Å². The number of carbonyl (C=O) groups is 1. The Morgan fingerprint density at radius 3 is 2.73 bits per heavy atom. The van der Waals surface area contributed by atoms with Crippen molar-refractivity contribution in [1.82, 2.24) is 9.97 Å². The fraction of sp³-hybridized carbons (Fsp3) is 0. The number of carbonyl (C=O) groups excluding carboxylic acids is 1. The van der Waals surface area contributed by atoms with Crippen LogP contribution in [0.1, 0.15) is 15.9 Å². The molecule has 6 heteroatoms. The zero-order valence-electron chi connectivity index (χ0n) is 11.4. The molecule has 0 atom stereocenters. The molecule has 0 radical (unpaired) electrons. The van der Waals surface area contributed by atoms with Gasteiger partial charge in [-0.15, -0.1) is 0 Å². The molecular formula is C16H11N4O2-. The van der Waals surface area contributed by atoms with Gasteiger partial charge in [0, 0.05) is 16.5 Å². The average molecular weight is 291 g/mol. The molecule has 6 nitrogen and oxygen atoms in total. The van der Waals surface area contributed by atoms with Gasteiger partial charge in [0.25, 0.3) is 0 Å². The Balaban J connectivity index is 1.87. The molecule has 1 aromatic heterocycles. The molecule has 1 N–H and O–H groups in total. The summed E-state index contributed by atoms with van der Waals surface area (Å²) in [4.78, 5) is 19.3. The fourth-order valence-electron chi connectivity index (χ4n) is 2.05. The normalized spacial score (nSPS) is 10.9. The first kappa shape index (κ1) is 13.7. The predicted molar refractivity (Wildman–Crippen MR) is 81.5 cm³/mol. The summed E-state index contributed by atoms with van der Waals surface area (Å²) < 4.78 is 0. The maximum Gasteiger partial charge on any atom is 0.157 e. The summed E-state index contributed by atoms with van der Waals surface area (Å²) in [6, 6.07) is 14.0. The van der Waals surface area contributed by atoms with Gasteiger partial charge >= 0.3 is 0 Å². The Kier molecular flexibility index (Phi) is 3.74. The maximum absolute atomic E-state index is 11.0. The minimum absolute atomic E-state index is 0.0839. The largest absolute Gasteiger partial charge is 0.545 e. The second-order valence-electron chi connectivity index (χ2n) is 4.48. The van der Waals surface area contributed by atoms with E-state index < -0.39 is 5.97 Å². The predicted octanol–water partition coefficient (Wildman–Crippen LogP) is 1.44. The van der Waals surface area contributed by atoms with Crippen molar-refractivity contribution in [1.29, 1.82) is 0 Å². The zero-order valence-corrected chi connectivity index (χ0v) is 11.4. The molecule has 0 unspecified atom stereocenters. The molecule has 108 valence electrons. The SMILES string of the molecule is O=C([O-])c1ccccc1/C=N\Nc1ncnc2ccccc12. The number of anilines is 1. The zero-order chi connectivity index (χ0) is 15.4. The number of aromatic carboxylic acids is 1. The molecule has 22 heavy (non-hydrogen) atoms. The smallest absolute Gasteiger partial charge is 0.157 e. The van der Waals surface area contributed by atoms with Crippen LogP contribution in [-0.2, 0) is 0 Å². The molecule has 0 fully saturated rings. The van der Waals surface area contributed by atoms with E-state index in [1.165, 1.54) is 18.6 Å². The number of fused-ring (bicyclic) bond motifs is 1. The van der Waals surface area contributed by atoms with Crippen LogP contribution in [0.4, 0.5) is 5.82 Å². The highest BCUT2D eigenvalue weighted by Gasteiger charge is 2.02. The van der Waals surface area contributed by atoms with E-state index in [1.807, 2.05) is 24.3 Å². The van der Waals surface area contributed by atoms with Crippen LogP contribution < -0.4 is 10.5 Å². The minimum atomic E-state index is -1.24. The van der Waals surface area contributed by atoms with Gasteiger partial charge in [0.1, 0.15) is 6.33 Å². The third-order valence-corrected chi connectivity index (χ3v) is 3.10. The standard InChI is InChI=1S/C16H12N4O2/c21-16(22)12-6-2-1-5-11(12)9-19-20-15-13-7-3-4-8-14(13)17-10-18-15/h1-10H,(H,21,22)(H,17,18,20)/p-1/b19-9-. The number of hydrogen-bond acceptors (Lipinski definition) is 6. The Morgan fingerprint density at radius 1 is 1.09 bits per heavy atom. The Hall–Kier alpha value is -3.28. The van der Waals surface area contributed by atoms with E-state index in [0.29, 0.717) is 11.4 Å². The van der Waals surface area contributed by atoms with Crippen molar-refractivity contribution in [3.63, 3.8) is 0 Å². The number of hydrogen-bond donors (Lipinski definition) is 1. The monoisotopic (exact) mass is 291 g/mol. The van der Waals surface area contributed by atoms with Crippen LogP contribution in [0.3, 0.4) is 0 Å². The lowest BCUT2D eigenvalue weighted by molar-refractivity contribution is -0.255. The van der Waals surface area contributed by atoms with Crippen molar-refractivity contribution < 1.29 is 9.90 Å². The summed E-state index contributed by atoms with van der Waals surface area (Å²) in [5, 5.41) is 15.9. The van der Waals surface area contributed by atoms with Gasteiger partial charge in [-0.3, -0.25) is 5.43 Å². The molecule has 1 heterocycles. The lowest BCUT2D eigenvalue weighted by Crippen LogP contribution is -2.23. The third-order valence-electron chi connectivity index (χ3n) is 3.10. The number of nitrogens with one attached hydrogen (secondary N) is 1. The van der Waals surface area contributed by atoms with E-state index in [9.17, 15) is 9.90 Å². The highest BCUT2D eigenvalue weighted by molar-refractivity contribution is 5.97. The number of rotatable bonds is 4. The number of carboxylic acids is 1. The first-order valence-corrected chi connectivity index (χ1v) is 6.55. The van der Waals surface area contributed by atoms with E-state index in [1.54, 1.807) is 18.2 Å². The van der Waals surface area contributed by atoms with Crippen molar-refractivity contribution >= 4 is 28.9 Å². The van der Waals surface area contributed by atoms with Crippen LogP contribution in [0.2, 0.25) is 0 Å². The van der Waals surface area contributed by atoms with E-state index in [-0.39, 0.29) is 5.56 Å². The van der Waals surface area contributed by atoms with E-state index >= 15 is 0 Å². The number of hydrazone groups is 1. The Labute approximate surface area is 126 Å². The van der Waals surface area contributed by atoms with Crippen molar-refractivity contribution in [2.45, 2.75) is 0 Å². The van der Waals surface area contributed by atoms with Crippen LogP contribution in [0.25, 0.3) is 10.9 Å². The highest BCUT2D eigenvalue weighted by Crippen LogP contribution is 2.18. The van der Waals surface area contributed by atoms with E-state index in [2.05, 4.69) is 20.5 Å². The van der Waals surface area contributed by atoms with E-state index in [0.717, 1.165) is 10.9 Å². The second kappa shape index (κ2) is 6.01. The Bertz CT molecular complexity index is 856. The molecular weight excluding hydrogens is 280 g/mol. The minimum Gasteiger partial charge on any atom is -0.545 e. The summed E-state index contributed by atoms with van der Waals surface area (Å²) in [6.07, 6.45) is 2.86. The first-order chi connectivity index (χ1) is 10.8. The van der Waals surface area contributed by atoms with Crippen LogP contribution >= 0.6 is 0 Å². The van der Waals surface area contributed by atoms with Gasteiger partial charge < -0.3 is 9.90 Å². The average Bonchev–Trinajstić information content (AvgIpc) is 2.55.